The Balaban J connectivity index is 1.25. The van der Waals surface area contributed by atoms with Crippen LogP contribution in [0.15, 0.2) is 78.9 Å². The quantitative estimate of drug-likeness (QED) is 0.407. The minimum Gasteiger partial charge on any atom is -0.358 e. The molecule has 4 aromatic rings. The van der Waals surface area contributed by atoms with E-state index in [1.54, 1.807) is 0 Å². The molecule has 0 atom stereocenters. The molecular weight excluding hydrogens is 392 g/mol. The van der Waals surface area contributed by atoms with Crippen molar-refractivity contribution < 1.29 is 4.79 Å². The van der Waals surface area contributed by atoms with E-state index in [4.69, 9.17) is 11.6 Å². The van der Waals surface area contributed by atoms with Crippen molar-refractivity contribution in [3.8, 4) is 11.1 Å². The van der Waals surface area contributed by atoms with Gasteiger partial charge in [0.25, 0.3) is 5.91 Å². The smallest absolute Gasteiger partial charge is 0.253 e. The maximum absolute atomic E-state index is 13.0. The highest BCUT2D eigenvalue weighted by Crippen LogP contribution is 2.31. The van der Waals surface area contributed by atoms with Gasteiger partial charge in [0.2, 0.25) is 0 Å². The van der Waals surface area contributed by atoms with E-state index in [1.165, 1.54) is 5.69 Å². The monoisotopic (exact) mass is 414 g/mol. The molecule has 4 heteroatoms. The summed E-state index contributed by atoms with van der Waals surface area (Å²) in [6, 6.07) is 26.3. The number of H-pyrrole nitrogens is 1. The lowest BCUT2D eigenvalue weighted by Gasteiger charge is -2.31. The van der Waals surface area contributed by atoms with Crippen molar-refractivity contribution in [3.05, 3.63) is 95.1 Å². The van der Waals surface area contributed by atoms with Crippen LogP contribution in [0.5, 0.6) is 0 Å². The molecule has 2 heterocycles. The molecule has 0 bridgehead atoms. The Morgan fingerprint density at radius 3 is 2.30 bits per heavy atom. The van der Waals surface area contributed by atoms with E-state index < -0.39 is 0 Å². The van der Waals surface area contributed by atoms with Gasteiger partial charge in [-0.2, -0.15) is 0 Å². The molecule has 0 spiro atoms. The number of amides is 1. The lowest BCUT2D eigenvalue weighted by atomic mass is 9.93. The normalized spacial score (nSPS) is 14.9. The standard InChI is InChI=1S/C26H23ClN2O/c27-23-10-11-24-22(16-23)17-25(28-24)20-12-14-29(15-13-20)26(30)21-8-6-19(7-9-21)18-4-2-1-3-5-18/h1-11,16-17,20,28H,12-15H2. The maximum Gasteiger partial charge on any atom is 0.253 e. The number of fused-ring (bicyclic) bond motifs is 1. The molecule has 1 aromatic heterocycles. The molecule has 1 aliphatic heterocycles. The van der Waals surface area contributed by atoms with Crippen molar-refractivity contribution in [2.75, 3.05) is 13.1 Å². The van der Waals surface area contributed by atoms with Gasteiger partial charge in [0.1, 0.15) is 0 Å². The van der Waals surface area contributed by atoms with Crippen LogP contribution in [0.2, 0.25) is 5.02 Å². The number of carbonyl (C=O) groups is 1. The number of likely N-dealkylation sites (tertiary alicyclic amines) is 1. The molecule has 1 fully saturated rings. The maximum atomic E-state index is 13.0. The van der Waals surface area contributed by atoms with E-state index in [1.807, 2.05) is 65.6 Å². The second-order valence-electron chi connectivity index (χ2n) is 7.97. The Hall–Kier alpha value is -3.04. The van der Waals surface area contributed by atoms with Crippen molar-refractivity contribution in [1.29, 1.82) is 0 Å². The van der Waals surface area contributed by atoms with Gasteiger partial charge >= 0.3 is 0 Å². The summed E-state index contributed by atoms with van der Waals surface area (Å²) in [5.41, 5.74) is 5.41. The zero-order chi connectivity index (χ0) is 20.5. The van der Waals surface area contributed by atoms with E-state index >= 15 is 0 Å². The predicted molar refractivity (Wildman–Crippen MR) is 123 cm³/mol. The molecule has 0 saturated carbocycles. The van der Waals surface area contributed by atoms with Crippen LogP contribution in [0.25, 0.3) is 22.0 Å². The van der Waals surface area contributed by atoms with E-state index in [9.17, 15) is 4.79 Å². The third-order valence-corrected chi connectivity index (χ3v) is 6.30. The fraction of sp³-hybridized carbons (Fsp3) is 0.192. The summed E-state index contributed by atoms with van der Waals surface area (Å²) in [7, 11) is 0. The van der Waals surface area contributed by atoms with Crippen molar-refractivity contribution in [3.63, 3.8) is 0 Å². The van der Waals surface area contributed by atoms with Crippen LogP contribution in [0, 0.1) is 0 Å². The largest absolute Gasteiger partial charge is 0.358 e. The number of halogens is 1. The highest BCUT2D eigenvalue weighted by Gasteiger charge is 2.25. The Bertz CT molecular complexity index is 1170. The summed E-state index contributed by atoms with van der Waals surface area (Å²) in [6.07, 6.45) is 1.93. The van der Waals surface area contributed by atoms with Crippen molar-refractivity contribution >= 4 is 28.4 Å². The third-order valence-electron chi connectivity index (χ3n) is 6.06. The molecule has 0 aliphatic carbocycles. The molecule has 150 valence electrons. The number of rotatable bonds is 3. The van der Waals surface area contributed by atoms with Gasteiger partial charge in [-0.1, -0.05) is 54.1 Å². The number of carbonyl (C=O) groups excluding carboxylic acids is 1. The molecule has 1 saturated heterocycles. The third kappa shape index (κ3) is 3.73. The fourth-order valence-electron chi connectivity index (χ4n) is 4.36. The number of hydrogen-bond donors (Lipinski definition) is 1. The van der Waals surface area contributed by atoms with Gasteiger partial charge in [-0.15, -0.1) is 0 Å². The summed E-state index contributed by atoms with van der Waals surface area (Å²) in [5.74, 6) is 0.567. The summed E-state index contributed by atoms with van der Waals surface area (Å²) < 4.78 is 0. The molecule has 1 aliphatic rings. The Labute approximate surface area is 181 Å². The van der Waals surface area contributed by atoms with Crippen molar-refractivity contribution in [2.24, 2.45) is 0 Å². The summed E-state index contributed by atoms with van der Waals surface area (Å²) in [6.45, 7) is 1.56. The minimum atomic E-state index is 0.122. The molecule has 3 nitrogen and oxygen atoms in total. The highest BCUT2D eigenvalue weighted by molar-refractivity contribution is 6.31. The Morgan fingerprint density at radius 2 is 1.57 bits per heavy atom. The van der Waals surface area contributed by atoms with Gasteiger partial charge in [-0.3, -0.25) is 4.79 Å². The van der Waals surface area contributed by atoms with Crippen LogP contribution in [-0.2, 0) is 0 Å². The first-order valence-electron chi connectivity index (χ1n) is 10.4. The van der Waals surface area contributed by atoms with E-state index in [2.05, 4.69) is 23.2 Å². The predicted octanol–water partition coefficient (Wildman–Crippen LogP) is 6.51. The first-order valence-corrected chi connectivity index (χ1v) is 10.8. The van der Waals surface area contributed by atoms with Gasteiger partial charge in [-0.05, 0) is 60.4 Å². The molecule has 0 unspecified atom stereocenters. The number of piperidine rings is 1. The first kappa shape index (κ1) is 19.0. The van der Waals surface area contributed by atoms with Crippen LogP contribution >= 0.6 is 11.6 Å². The molecular formula is C26H23ClN2O. The SMILES string of the molecule is O=C(c1ccc(-c2ccccc2)cc1)N1CCC(c2cc3cc(Cl)ccc3[nH]2)CC1. The van der Waals surface area contributed by atoms with Gasteiger partial charge in [0.15, 0.2) is 0 Å². The molecule has 0 radical (unpaired) electrons. The fourth-order valence-corrected chi connectivity index (χ4v) is 4.54. The molecule has 5 rings (SSSR count). The molecule has 3 aromatic carbocycles. The minimum absolute atomic E-state index is 0.122. The van der Waals surface area contributed by atoms with Gasteiger partial charge in [0.05, 0.1) is 0 Å². The van der Waals surface area contributed by atoms with Gasteiger partial charge in [0, 0.05) is 46.2 Å². The number of aromatic nitrogens is 1. The Morgan fingerprint density at radius 1 is 0.867 bits per heavy atom. The number of aromatic amines is 1. The lowest BCUT2D eigenvalue weighted by Crippen LogP contribution is -2.37. The average Bonchev–Trinajstić information content (AvgIpc) is 3.23. The van der Waals surface area contributed by atoms with Gasteiger partial charge in [-0.25, -0.2) is 0 Å². The van der Waals surface area contributed by atoms with Crippen LogP contribution in [-0.4, -0.2) is 28.9 Å². The van der Waals surface area contributed by atoms with E-state index in [0.29, 0.717) is 5.92 Å². The van der Waals surface area contributed by atoms with Crippen LogP contribution < -0.4 is 0 Å². The van der Waals surface area contributed by atoms with E-state index in [-0.39, 0.29) is 5.91 Å². The number of hydrogen-bond acceptors (Lipinski definition) is 1. The molecule has 1 amide bonds. The average molecular weight is 415 g/mol. The number of nitrogens with one attached hydrogen (secondary N) is 1. The topological polar surface area (TPSA) is 36.1 Å². The zero-order valence-electron chi connectivity index (χ0n) is 16.6. The number of benzene rings is 3. The summed E-state index contributed by atoms with van der Waals surface area (Å²) in [4.78, 5) is 18.5. The van der Waals surface area contributed by atoms with Crippen molar-refractivity contribution in [2.45, 2.75) is 18.8 Å². The molecule has 30 heavy (non-hydrogen) atoms. The van der Waals surface area contributed by atoms with Crippen LogP contribution in [0.1, 0.15) is 34.8 Å². The second-order valence-corrected chi connectivity index (χ2v) is 8.40. The van der Waals surface area contributed by atoms with Crippen molar-refractivity contribution in [1.82, 2.24) is 9.88 Å². The van der Waals surface area contributed by atoms with E-state index in [0.717, 1.165) is 58.5 Å². The first-order chi connectivity index (χ1) is 14.7. The lowest BCUT2D eigenvalue weighted by molar-refractivity contribution is 0.0712. The summed E-state index contributed by atoms with van der Waals surface area (Å²) >= 11 is 6.11. The molecule has 1 N–H and O–H groups in total. The van der Waals surface area contributed by atoms with Gasteiger partial charge < -0.3 is 9.88 Å². The Kier molecular flexibility index (Phi) is 5.06. The summed E-state index contributed by atoms with van der Waals surface area (Å²) in [5, 5.41) is 1.90. The number of nitrogens with zero attached hydrogens (tertiary/aromatic N) is 1. The second kappa shape index (κ2) is 8.00. The van der Waals surface area contributed by atoms with Crippen LogP contribution in [0.4, 0.5) is 0 Å². The highest BCUT2D eigenvalue weighted by atomic mass is 35.5. The zero-order valence-corrected chi connectivity index (χ0v) is 17.4. The van der Waals surface area contributed by atoms with Crippen LogP contribution in [0.3, 0.4) is 0 Å².